The van der Waals surface area contributed by atoms with Gasteiger partial charge in [-0.3, -0.25) is 14.4 Å². The standard InChI is InChI=1S/C15H26O9/c16-7-1-4-13(19)22-10-12(24-15(21)6-3-9-18)11-23-14(20)5-2-8-17/h12,16-18H,1-11H2. The van der Waals surface area contributed by atoms with Crippen LogP contribution < -0.4 is 0 Å². The topological polar surface area (TPSA) is 140 Å². The number of carbonyl (C=O) groups excluding carboxylic acids is 3. The molecular weight excluding hydrogens is 324 g/mol. The summed E-state index contributed by atoms with van der Waals surface area (Å²) in [6.45, 7) is -0.995. The Balaban J connectivity index is 4.34. The third kappa shape index (κ3) is 12.8. The predicted octanol–water partition coefficient (Wildman–Crippen LogP) is -0.698. The third-order valence-corrected chi connectivity index (χ3v) is 2.78. The summed E-state index contributed by atoms with van der Waals surface area (Å²) in [6.07, 6.45) is -0.156. The lowest BCUT2D eigenvalue weighted by atomic mass is 10.3. The number of hydrogen-bond acceptors (Lipinski definition) is 9. The smallest absolute Gasteiger partial charge is 0.306 e. The molecule has 140 valence electrons. The number of rotatable bonds is 14. The molecule has 0 aliphatic carbocycles. The summed E-state index contributed by atoms with van der Waals surface area (Å²) in [5.74, 6) is -1.73. The molecule has 0 spiro atoms. The molecule has 0 amide bonds. The Hall–Kier alpha value is -1.71. The van der Waals surface area contributed by atoms with Crippen molar-refractivity contribution in [2.75, 3.05) is 33.0 Å². The fraction of sp³-hybridized carbons (Fsp3) is 0.800. The van der Waals surface area contributed by atoms with Gasteiger partial charge in [-0.15, -0.1) is 0 Å². The first-order valence-corrected chi connectivity index (χ1v) is 7.86. The molecule has 0 aliphatic rings. The van der Waals surface area contributed by atoms with Crippen LogP contribution in [-0.4, -0.2) is 72.4 Å². The Bertz CT molecular complexity index is 346. The molecule has 0 bridgehead atoms. The second-order valence-electron chi connectivity index (χ2n) is 4.96. The maximum atomic E-state index is 11.6. The lowest BCUT2D eigenvalue weighted by Gasteiger charge is -2.18. The summed E-state index contributed by atoms with van der Waals surface area (Å²) in [5.41, 5.74) is 0. The van der Waals surface area contributed by atoms with Crippen molar-refractivity contribution < 1.29 is 43.9 Å². The maximum absolute atomic E-state index is 11.6. The van der Waals surface area contributed by atoms with Crippen LogP contribution in [0.1, 0.15) is 38.5 Å². The van der Waals surface area contributed by atoms with Crippen molar-refractivity contribution >= 4 is 17.9 Å². The van der Waals surface area contributed by atoms with E-state index in [0.717, 1.165) is 0 Å². The van der Waals surface area contributed by atoms with Gasteiger partial charge in [0.15, 0.2) is 6.10 Å². The zero-order valence-electron chi connectivity index (χ0n) is 13.6. The molecular formula is C15H26O9. The van der Waals surface area contributed by atoms with Crippen molar-refractivity contribution in [2.24, 2.45) is 0 Å². The lowest BCUT2D eigenvalue weighted by Crippen LogP contribution is -2.31. The Morgan fingerprint density at radius 1 is 0.667 bits per heavy atom. The van der Waals surface area contributed by atoms with Gasteiger partial charge in [0.05, 0.1) is 0 Å². The van der Waals surface area contributed by atoms with Crippen molar-refractivity contribution in [1.29, 1.82) is 0 Å². The van der Waals surface area contributed by atoms with E-state index in [2.05, 4.69) is 0 Å². The number of esters is 3. The first-order chi connectivity index (χ1) is 11.5. The van der Waals surface area contributed by atoms with Crippen LogP contribution >= 0.6 is 0 Å². The molecule has 3 N–H and O–H groups in total. The molecule has 0 atom stereocenters. The highest BCUT2D eigenvalue weighted by molar-refractivity contribution is 5.71. The third-order valence-electron chi connectivity index (χ3n) is 2.78. The van der Waals surface area contributed by atoms with Crippen molar-refractivity contribution in [3.05, 3.63) is 0 Å². The monoisotopic (exact) mass is 350 g/mol. The van der Waals surface area contributed by atoms with Gasteiger partial charge in [-0.05, 0) is 19.3 Å². The molecule has 24 heavy (non-hydrogen) atoms. The molecule has 0 saturated heterocycles. The van der Waals surface area contributed by atoms with Gasteiger partial charge in [-0.25, -0.2) is 0 Å². The van der Waals surface area contributed by atoms with Gasteiger partial charge in [-0.2, -0.15) is 0 Å². The highest BCUT2D eigenvalue weighted by atomic mass is 16.6. The maximum Gasteiger partial charge on any atom is 0.306 e. The molecule has 0 aromatic carbocycles. The quantitative estimate of drug-likeness (QED) is 0.274. The normalized spacial score (nSPS) is 10.5. The molecule has 0 heterocycles. The van der Waals surface area contributed by atoms with Crippen LogP contribution in [0.3, 0.4) is 0 Å². The van der Waals surface area contributed by atoms with Crippen LogP contribution in [0, 0.1) is 0 Å². The predicted molar refractivity (Wildman–Crippen MR) is 80.8 cm³/mol. The minimum Gasteiger partial charge on any atom is -0.462 e. The number of hydrogen-bond donors (Lipinski definition) is 3. The fourth-order valence-corrected chi connectivity index (χ4v) is 1.55. The van der Waals surface area contributed by atoms with Gasteiger partial charge < -0.3 is 29.5 Å². The van der Waals surface area contributed by atoms with E-state index in [-0.39, 0.29) is 71.6 Å². The van der Waals surface area contributed by atoms with Crippen LogP contribution in [-0.2, 0) is 28.6 Å². The second kappa shape index (κ2) is 14.9. The molecule has 9 nitrogen and oxygen atoms in total. The van der Waals surface area contributed by atoms with E-state index in [1.807, 2.05) is 0 Å². The zero-order chi connectivity index (χ0) is 18.2. The molecule has 0 saturated carbocycles. The first-order valence-electron chi connectivity index (χ1n) is 7.86. The van der Waals surface area contributed by atoms with E-state index in [1.165, 1.54) is 0 Å². The van der Waals surface area contributed by atoms with Gasteiger partial charge in [0.1, 0.15) is 13.2 Å². The minimum atomic E-state index is -0.952. The Kier molecular flexibility index (Phi) is 13.8. The molecule has 0 fully saturated rings. The van der Waals surface area contributed by atoms with Crippen molar-refractivity contribution in [3.63, 3.8) is 0 Å². The van der Waals surface area contributed by atoms with E-state index in [0.29, 0.717) is 0 Å². The average molecular weight is 350 g/mol. The number of ether oxygens (including phenoxy) is 3. The van der Waals surface area contributed by atoms with Gasteiger partial charge in [0.2, 0.25) is 0 Å². The van der Waals surface area contributed by atoms with E-state index in [1.54, 1.807) is 0 Å². The average Bonchev–Trinajstić information content (AvgIpc) is 2.58. The summed E-state index contributed by atoms with van der Waals surface area (Å²) >= 11 is 0. The second-order valence-corrected chi connectivity index (χ2v) is 4.96. The number of aliphatic hydroxyl groups is 3. The number of aliphatic hydroxyl groups excluding tert-OH is 3. The number of carbonyl (C=O) groups is 3. The van der Waals surface area contributed by atoms with Crippen molar-refractivity contribution in [2.45, 2.75) is 44.6 Å². The first kappa shape index (κ1) is 22.3. The van der Waals surface area contributed by atoms with Gasteiger partial charge in [-0.1, -0.05) is 0 Å². The van der Waals surface area contributed by atoms with E-state index in [4.69, 9.17) is 29.5 Å². The Morgan fingerprint density at radius 2 is 1.04 bits per heavy atom. The van der Waals surface area contributed by atoms with Crippen LogP contribution in [0.4, 0.5) is 0 Å². The van der Waals surface area contributed by atoms with Crippen molar-refractivity contribution in [3.8, 4) is 0 Å². The molecule has 0 aromatic rings. The van der Waals surface area contributed by atoms with E-state index in [9.17, 15) is 14.4 Å². The zero-order valence-corrected chi connectivity index (χ0v) is 13.6. The Morgan fingerprint density at radius 3 is 1.42 bits per heavy atom. The molecule has 0 aliphatic heterocycles. The fourth-order valence-electron chi connectivity index (χ4n) is 1.55. The molecule has 0 radical (unpaired) electrons. The van der Waals surface area contributed by atoms with E-state index >= 15 is 0 Å². The van der Waals surface area contributed by atoms with Crippen LogP contribution in [0.5, 0.6) is 0 Å². The summed E-state index contributed by atoms with van der Waals surface area (Å²) in [4.78, 5) is 34.4. The molecule has 9 heteroatoms. The minimum absolute atomic E-state index is 0.0100. The summed E-state index contributed by atoms with van der Waals surface area (Å²) in [6, 6.07) is 0. The van der Waals surface area contributed by atoms with Crippen LogP contribution in [0.15, 0.2) is 0 Å². The summed E-state index contributed by atoms with van der Waals surface area (Å²) in [7, 11) is 0. The van der Waals surface area contributed by atoms with E-state index < -0.39 is 24.0 Å². The van der Waals surface area contributed by atoms with Gasteiger partial charge in [0, 0.05) is 39.1 Å². The summed E-state index contributed by atoms with van der Waals surface area (Å²) < 4.78 is 14.9. The van der Waals surface area contributed by atoms with Crippen LogP contribution in [0.2, 0.25) is 0 Å². The highest BCUT2D eigenvalue weighted by Crippen LogP contribution is 2.03. The van der Waals surface area contributed by atoms with Gasteiger partial charge in [0.25, 0.3) is 0 Å². The molecule has 0 unspecified atom stereocenters. The SMILES string of the molecule is O=C(CCCO)OCC(COC(=O)CCCO)OC(=O)CCCO. The largest absolute Gasteiger partial charge is 0.462 e. The van der Waals surface area contributed by atoms with Crippen LogP contribution in [0.25, 0.3) is 0 Å². The lowest BCUT2D eigenvalue weighted by molar-refractivity contribution is -0.167. The molecule has 0 aromatic heterocycles. The summed E-state index contributed by atoms with van der Waals surface area (Å²) in [5, 5.41) is 26.0. The van der Waals surface area contributed by atoms with Crippen molar-refractivity contribution in [1.82, 2.24) is 0 Å². The molecule has 0 rings (SSSR count). The van der Waals surface area contributed by atoms with Gasteiger partial charge >= 0.3 is 17.9 Å². The Labute approximate surface area is 140 Å². The highest BCUT2D eigenvalue weighted by Gasteiger charge is 2.19.